The monoisotopic (exact) mass is 224 g/mol. The lowest BCUT2D eigenvalue weighted by molar-refractivity contribution is -0.177. The van der Waals surface area contributed by atoms with Gasteiger partial charge in [-0.05, 0) is 12.5 Å². The molecule has 5 heteroatoms. The van der Waals surface area contributed by atoms with Crippen LogP contribution in [0.3, 0.4) is 0 Å². The van der Waals surface area contributed by atoms with Crippen LogP contribution < -0.4 is 0 Å². The van der Waals surface area contributed by atoms with Gasteiger partial charge in [-0.1, -0.05) is 30.3 Å². The number of carbonyl (C=O) groups is 2. The van der Waals surface area contributed by atoms with Crippen molar-refractivity contribution in [3.05, 3.63) is 35.9 Å². The van der Waals surface area contributed by atoms with Gasteiger partial charge in [-0.2, -0.15) is 0 Å². The topological polar surface area (TPSA) is 94.8 Å². The zero-order valence-electron chi connectivity index (χ0n) is 8.62. The van der Waals surface area contributed by atoms with Crippen molar-refractivity contribution in [3.8, 4) is 0 Å². The highest BCUT2D eigenvalue weighted by molar-refractivity contribution is 5.91. The van der Waals surface area contributed by atoms with Gasteiger partial charge in [0.1, 0.15) is 0 Å². The summed E-state index contributed by atoms with van der Waals surface area (Å²) in [7, 11) is 0. The molecule has 86 valence electrons. The molecule has 16 heavy (non-hydrogen) atoms. The second-order valence-corrected chi connectivity index (χ2v) is 3.45. The highest BCUT2D eigenvalue weighted by Gasteiger charge is 2.47. The van der Waals surface area contributed by atoms with E-state index in [4.69, 9.17) is 5.11 Å². The molecule has 0 aromatic heterocycles. The highest BCUT2D eigenvalue weighted by Crippen LogP contribution is 2.26. The number of Topliss-reactive ketones (excluding diaryl/α,β-unsaturated/α-hetero) is 1. The van der Waals surface area contributed by atoms with Crippen LogP contribution in [-0.4, -0.2) is 33.2 Å². The second-order valence-electron chi connectivity index (χ2n) is 3.45. The van der Waals surface area contributed by atoms with Crippen LogP contribution in [0.5, 0.6) is 0 Å². The van der Waals surface area contributed by atoms with Gasteiger partial charge in [-0.3, -0.25) is 4.79 Å². The third-order valence-corrected chi connectivity index (χ3v) is 2.32. The van der Waals surface area contributed by atoms with E-state index in [1.54, 1.807) is 6.07 Å². The molecule has 1 aromatic rings. The van der Waals surface area contributed by atoms with Crippen LogP contribution in [0.15, 0.2) is 30.3 Å². The van der Waals surface area contributed by atoms with E-state index in [0.29, 0.717) is 0 Å². The van der Waals surface area contributed by atoms with Gasteiger partial charge in [-0.25, -0.2) is 4.79 Å². The van der Waals surface area contributed by atoms with E-state index >= 15 is 0 Å². The number of carboxylic acids is 1. The number of carboxylic acid groups (broad SMARTS) is 1. The van der Waals surface area contributed by atoms with Gasteiger partial charge >= 0.3 is 5.97 Å². The van der Waals surface area contributed by atoms with E-state index < -0.39 is 23.5 Å². The Bertz CT molecular complexity index is 400. The van der Waals surface area contributed by atoms with Gasteiger partial charge in [0.05, 0.1) is 0 Å². The molecule has 0 spiro atoms. The Kier molecular flexibility index (Phi) is 3.41. The summed E-state index contributed by atoms with van der Waals surface area (Å²) in [6, 6.07) is 7.32. The normalized spacial score (nSPS) is 16.2. The van der Waals surface area contributed by atoms with Crippen LogP contribution in [0.25, 0.3) is 0 Å². The second kappa shape index (κ2) is 4.42. The molecule has 3 N–H and O–H groups in total. The quantitative estimate of drug-likeness (QED) is 0.664. The third-order valence-electron chi connectivity index (χ3n) is 2.32. The lowest BCUT2D eigenvalue weighted by Crippen LogP contribution is -2.49. The van der Waals surface area contributed by atoms with E-state index in [0.717, 1.165) is 6.92 Å². The number of aliphatic hydroxyl groups is 2. The Labute approximate surface area is 92.0 Å². The minimum Gasteiger partial charge on any atom is -0.479 e. The summed E-state index contributed by atoms with van der Waals surface area (Å²) in [5, 5.41) is 28.4. The summed E-state index contributed by atoms with van der Waals surface area (Å²) in [4.78, 5) is 22.0. The highest BCUT2D eigenvalue weighted by atomic mass is 16.4. The van der Waals surface area contributed by atoms with Crippen molar-refractivity contribution in [3.63, 3.8) is 0 Å². The van der Waals surface area contributed by atoms with E-state index in [1.807, 2.05) is 0 Å². The van der Waals surface area contributed by atoms with Crippen LogP contribution >= 0.6 is 0 Å². The number of ketones is 1. The first kappa shape index (κ1) is 12.4. The number of rotatable bonds is 4. The largest absolute Gasteiger partial charge is 0.479 e. The molecule has 0 aliphatic rings. The first-order valence-corrected chi connectivity index (χ1v) is 4.60. The molecule has 1 rings (SSSR count). The van der Waals surface area contributed by atoms with Gasteiger partial charge in [0.2, 0.25) is 5.60 Å². The Morgan fingerprint density at radius 3 is 2.12 bits per heavy atom. The maximum absolute atomic E-state index is 11.0. The molecule has 1 aromatic carbocycles. The fourth-order valence-electron chi connectivity index (χ4n) is 1.38. The predicted molar refractivity (Wildman–Crippen MR) is 54.7 cm³/mol. The van der Waals surface area contributed by atoms with Crippen LogP contribution in [0.4, 0.5) is 0 Å². The maximum Gasteiger partial charge on any atom is 0.343 e. The predicted octanol–water partition coefficient (Wildman–Crippen LogP) is -0.0913. The van der Waals surface area contributed by atoms with E-state index in [-0.39, 0.29) is 5.56 Å². The zero-order valence-corrected chi connectivity index (χ0v) is 8.62. The molecule has 0 aliphatic heterocycles. The summed E-state index contributed by atoms with van der Waals surface area (Å²) < 4.78 is 0. The Morgan fingerprint density at radius 2 is 1.75 bits per heavy atom. The summed E-state index contributed by atoms with van der Waals surface area (Å²) in [5.74, 6) is -2.48. The average molecular weight is 224 g/mol. The van der Waals surface area contributed by atoms with Crippen molar-refractivity contribution in [2.24, 2.45) is 0 Å². The Hall–Kier alpha value is -1.72. The van der Waals surface area contributed by atoms with Crippen molar-refractivity contribution in [2.75, 3.05) is 0 Å². The van der Waals surface area contributed by atoms with Crippen LogP contribution in [-0.2, 0) is 15.2 Å². The van der Waals surface area contributed by atoms with Gasteiger partial charge in [0, 0.05) is 0 Å². The Balaban J connectivity index is 3.28. The molecule has 5 nitrogen and oxygen atoms in total. The summed E-state index contributed by atoms with van der Waals surface area (Å²) >= 11 is 0. The van der Waals surface area contributed by atoms with E-state index in [9.17, 15) is 19.8 Å². The first-order chi connectivity index (χ1) is 7.40. The molecular formula is C11H12O5. The third kappa shape index (κ3) is 1.95. The SMILES string of the molecule is CC(=O)C(O)C(O)(C(=O)O)c1ccccc1. The fourth-order valence-corrected chi connectivity index (χ4v) is 1.38. The summed E-state index contributed by atoms with van der Waals surface area (Å²) in [5.41, 5.74) is -2.64. The van der Waals surface area contributed by atoms with Crippen LogP contribution in [0, 0.1) is 0 Å². The van der Waals surface area contributed by atoms with Gasteiger partial charge in [0.15, 0.2) is 11.9 Å². The number of hydrogen-bond acceptors (Lipinski definition) is 4. The number of aliphatic carboxylic acids is 1. The molecular weight excluding hydrogens is 212 g/mol. The lowest BCUT2D eigenvalue weighted by atomic mass is 9.86. The van der Waals surface area contributed by atoms with E-state index in [1.165, 1.54) is 24.3 Å². The molecule has 0 amide bonds. The molecule has 2 atom stereocenters. The van der Waals surface area contributed by atoms with E-state index in [2.05, 4.69) is 0 Å². The Morgan fingerprint density at radius 1 is 1.25 bits per heavy atom. The molecule has 0 bridgehead atoms. The van der Waals surface area contributed by atoms with Gasteiger partial charge in [0.25, 0.3) is 0 Å². The van der Waals surface area contributed by atoms with Crippen molar-refractivity contribution in [1.82, 2.24) is 0 Å². The number of carbonyl (C=O) groups excluding carboxylic acids is 1. The standard InChI is InChI=1S/C11H12O5/c1-7(12)9(13)11(16,10(14)15)8-5-3-2-4-6-8/h2-6,9,13,16H,1H3,(H,14,15). The molecule has 2 unspecified atom stereocenters. The lowest BCUT2D eigenvalue weighted by Gasteiger charge is -2.27. The number of aliphatic hydroxyl groups excluding tert-OH is 1. The molecule has 0 heterocycles. The molecule has 0 fully saturated rings. The van der Waals surface area contributed by atoms with Crippen molar-refractivity contribution >= 4 is 11.8 Å². The average Bonchev–Trinajstić information content (AvgIpc) is 2.27. The maximum atomic E-state index is 11.0. The van der Waals surface area contributed by atoms with Crippen molar-refractivity contribution in [1.29, 1.82) is 0 Å². The summed E-state index contributed by atoms with van der Waals surface area (Å²) in [6.07, 6.45) is -1.99. The number of hydrogen-bond donors (Lipinski definition) is 3. The minimum atomic E-state index is -2.60. The smallest absolute Gasteiger partial charge is 0.343 e. The number of benzene rings is 1. The zero-order chi connectivity index (χ0) is 12.3. The van der Waals surface area contributed by atoms with Crippen molar-refractivity contribution in [2.45, 2.75) is 18.6 Å². The molecule has 0 aliphatic carbocycles. The molecule has 0 saturated heterocycles. The molecule has 0 radical (unpaired) electrons. The van der Waals surface area contributed by atoms with Gasteiger partial charge in [-0.15, -0.1) is 0 Å². The minimum absolute atomic E-state index is 0.0369. The van der Waals surface area contributed by atoms with Crippen molar-refractivity contribution < 1.29 is 24.9 Å². The van der Waals surface area contributed by atoms with Crippen LogP contribution in [0.2, 0.25) is 0 Å². The first-order valence-electron chi connectivity index (χ1n) is 4.60. The van der Waals surface area contributed by atoms with Gasteiger partial charge < -0.3 is 15.3 Å². The molecule has 0 saturated carbocycles. The fraction of sp³-hybridized carbons (Fsp3) is 0.273. The summed E-state index contributed by atoms with van der Waals surface area (Å²) in [6.45, 7) is 1.02. The van der Waals surface area contributed by atoms with Crippen LogP contribution in [0.1, 0.15) is 12.5 Å².